The summed E-state index contributed by atoms with van der Waals surface area (Å²) in [5.41, 5.74) is 6.72. The lowest BCUT2D eigenvalue weighted by Gasteiger charge is -2.30. The van der Waals surface area contributed by atoms with Crippen molar-refractivity contribution in [2.75, 3.05) is 29.7 Å². The zero-order chi connectivity index (χ0) is 11.8. The number of hydrogen-bond donors (Lipinski definition) is 2. The van der Waals surface area contributed by atoms with Gasteiger partial charge in [0.05, 0.1) is 12.2 Å². The first-order valence-corrected chi connectivity index (χ1v) is 6.29. The topological polar surface area (TPSA) is 92.9 Å². The predicted octanol–water partition coefficient (Wildman–Crippen LogP) is 0.313. The van der Waals surface area contributed by atoms with Crippen LogP contribution in [0.15, 0.2) is 18.2 Å². The summed E-state index contributed by atoms with van der Waals surface area (Å²) < 4.78 is 35.8. The number of benzene rings is 1. The van der Waals surface area contributed by atoms with Gasteiger partial charge in [-0.3, -0.25) is 4.55 Å². The van der Waals surface area contributed by atoms with Gasteiger partial charge in [-0.2, -0.15) is 8.42 Å². The van der Waals surface area contributed by atoms with Crippen LogP contribution < -0.4 is 15.4 Å². The fourth-order valence-corrected chi connectivity index (χ4v) is 2.28. The first-order valence-electron chi connectivity index (χ1n) is 4.68. The molecule has 1 aromatic rings. The molecule has 0 saturated heterocycles. The summed E-state index contributed by atoms with van der Waals surface area (Å²) in [6, 6.07) is 4.98. The van der Waals surface area contributed by atoms with E-state index in [0.29, 0.717) is 30.3 Å². The number of hydrogen-bond acceptors (Lipinski definition) is 5. The van der Waals surface area contributed by atoms with Crippen LogP contribution in [0.2, 0.25) is 0 Å². The zero-order valence-corrected chi connectivity index (χ0v) is 9.27. The lowest BCUT2D eigenvalue weighted by Crippen LogP contribution is -2.36. The van der Waals surface area contributed by atoms with Gasteiger partial charge >= 0.3 is 0 Å². The van der Waals surface area contributed by atoms with E-state index in [1.54, 1.807) is 18.2 Å². The minimum Gasteiger partial charge on any atom is -0.490 e. The molecule has 0 aliphatic carbocycles. The van der Waals surface area contributed by atoms with E-state index in [9.17, 15) is 8.42 Å². The number of ether oxygens (including phenoxy) is 1. The first kappa shape index (κ1) is 11.0. The molecule has 0 spiro atoms. The Morgan fingerprint density at radius 2 is 2.25 bits per heavy atom. The highest BCUT2D eigenvalue weighted by Crippen LogP contribution is 2.33. The number of nitrogens with two attached hydrogens (primary N) is 1. The largest absolute Gasteiger partial charge is 0.490 e. The summed E-state index contributed by atoms with van der Waals surface area (Å²) in [5.74, 6) is 0.122. The Morgan fingerprint density at radius 1 is 1.50 bits per heavy atom. The molecule has 0 unspecified atom stereocenters. The van der Waals surface area contributed by atoms with Gasteiger partial charge in [0.1, 0.15) is 18.2 Å². The molecule has 0 fully saturated rings. The van der Waals surface area contributed by atoms with E-state index in [1.807, 2.05) is 0 Å². The van der Waals surface area contributed by atoms with E-state index < -0.39 is 16.0 Å². The van der Waals surface area contributed by atoms with Gasteiger partial charge in [0.15, 0.2) is 0 Å². The highest BCUT2D eigenvalue weighted by atomic mass is 32.2. The van der Waals surface area contributed by atoms with Crippen LogP contribution in [0.25, 0.3) is 0 Å². The Labute approximate surface area is 93.4 Å². The quantitative estimate of drug-likeness (QED) is 0.574. The second-order valence-electron chi connectivity index (χ2n) is 3.55. The molecular weight excluding hydrogens is 232 g/mol. The van der Waals surface area contributed by atoms with Gasteiger partial charge in [-0.1, -0.05) is 0 Å². The molecule has 0 radical (unpaired) electrons. The van der Waals surface area contributed by atoms with Gasteiger partial charge in [-0.15, -0.1) is 0 Å². The van der Waals surface area contributed by atoms with Crippen molar-refractivity contribution in [3.63, 3.8) is 0 Å². The molecule has 0 amide bonds. The maximum Gasteiger partial charge on any atom is 0.283 e. The Hall–Kier alpha value is -1.47. The Bertz CT molecular complexity index is 500. The van der Waals surface area contributed by atoms with E-state index >= 15 is 0 Å². The van der Waals surface area contributed by atoms with E-state index in [2.05, 4.69) is 0 Å². The molecule has 7 heteroatoms. The van der Waals surface area contributed by atoms with Crippen molar-refractivity contribution in [1.82, 2.24) is 0 Å². The summed E-state index contributed by atoms with van der Waals surface area (Å²) in [6.45, 7) is 0.780. The van der Waals surface area contributed by atoms with Crippen LogP contribution in [0, 0.1) is 0 Å². The monoisotopic (exact) mass is 244 g/mol. The molecule has 6 nitrogen and oxygen atoms in total. The third-order valence-electron chi connectivity index (χ3n) is 2.26. The highest BCUT2D eigenvalue weighted by molar-refractivity contribution is 7.85. The van der Waals surface area contributed by atoms with Crippen LogP contribution in [0.5, 0.6) is 5.75 Å². The molecular formula is C9H12N2O4S. The van der Waals surface area contributed by atoms with Crippen LogP contribution in [0.1, 0.15) is 0 Å². The number of nitrogen functional groups attached to an aromatic ring is 1. The van der Waals surface area contributed by atoms with Gasteiger partial charge < -0.3 is 15.4 Å². The molecule has 3 N–H and O–H groups in total. The molecule has 1 aromatic carbocycles. The maximum atomic E-state index is 10.8. The predicted molar refractivity (Wildman–Crippen MR) is 60.1 cm³/mol. The van der Waals surface area contributed by atoms with Crippen LogP contribution in [-0.4, -0.2) is 32.0 Å². The summed E-state index contributed by atoms with van der Waals surface area (Å²) >= 11 is 0. The van der Waals surface area contributed by atoms with Gasteiger partial charge in [0, 0.05) is 5.69 Å². The molecule has 1 heterocycles. The summed E-state index contributed by atoms with van der Waals surface area (Å²) in [6.07, 6.45) is 0. The van der Waals surface area contributed by atoms with Crippen molar-refractivity contribution in [3.8, 4) is 5.75 Å². The average molecular weight is 244 g/mol. The van der Waals surface area contributed by atoms with E-state index in [-0.39, 0.29) is 0 Å². The molecule has 0 saturated carbocycles. The fraction of sp³-hybridized carbons (Fsp3) is 0.333. The van der Waals surface area contributed by atoms with Crippen molar-refractivity contribution < 1.29 is 17.7 Å². The number of nitrogens with zero attached hydrogens (tertiary/aromatic N) is 1. The molecule has 88 valence electrons. The normalized spacial score (nSPS) is 15.4. The third-order valence-corrected chi connectivity index (χ3v) is 2.90. The first-order chi connectivity index (χ1) is 7.46. The number of anilines is 2. The van der Waals surface area contributed by atoms with Crippen LogP contribution in [0.4, 0.5) is 11.4 Å². The van der Waals surface area contributed by atoms with Crippen molar-refractivity contribution >= 4 is 21.5 Å². The second kappa shape index (κ2) is 3.84. The van der Waals surface area contributed by atoms with Gasteiger partial charge in [-0.05, 0) is 18.2 Å². The molecule has 0 atom stereocenters. The molecule has 16 heavy (non-hydrogen) atoms. The average Bonchev–Trinajstić information content (AvgIpc) is 2.17. The van der Waals surface area contributed by atoms with Crippen molar-refractivity contribution in [1.29, 1.82) is 0 Å². The Balaban J connectivity index is 2.35. The standard InChI is InChI=1S/C9H12N2O4S/c10-7-1-2-9-8(5-7)11(3-4-15-9)6-16(12,13)14/h1-2,5H,3-4,6,10H2,(H,12,13,14). The SMILES string of the molecule is Nc1ccc2c(c1)N(CS(=O)(=O)O)CCO2. The summed E-state index contributed by atoms with van der Waals surface area (Å²) in [4.78, 5) is 1.52. The Kier molecular flexibility index (Phi) is 2.64. The maximum absolute atomic E-state index is 10.8. The summed E-state index contributed by atoms with van der Waals surface area (Å²) in [5, 5.41) is 0. The van der Waals surface area contributed by atoms with Gasteiger partial charge in [0.2, 0.25) is 0 Å². The minimum absolute atomic E-state index is 0.381. The molecule has 0 aromatic heterocycles. The zero-order valence-electron chi connectivity index (χ0n) is 8.46. The number of rotatable bonds is 2. The highest BCUT2D eigenvalue weighted by Gasteiger charge is 2.22. The third kappa shape index (κ3) is 2.37. The van der Waals surface area contributed by atoms with E-state index in [1.165, 1.54) is 4.90 Å². The van der Waals surface area contributed by atoms with Crippen molar-refractivity contribution in [2.45, 2.75) is 0 Å². The van der Waals surface area contributed by atoms with E-state index in [0.717, 1.165) is 0 Å². The molecule has 1 aliphatic heterocycles. The summed E-state index contributed by atoms with van der Waals surface area (Å²) in [7, 11) is -4.05. The van der Waals surface area contributed by atoms with E-state index in [4.69, 9.17) is 15.0 Å². The lowest BCUT2D eigenvalue weighted by molar-refractivity contribution is 0.309. The Morgan fingerprint density at radius 3 is 2.94 bits per heavy atom. The van der Waals surface area contributed by atoms with Crippen molar-refractivity contribution in [3.05, 3.63) is 18.2 Å². The molecule has 0 bridgehead atoms. The second-order valence-corrected chi connectivity index (χ2v) is 4.97. The van der Waals surface area contributed by atoms with Crippen LogP contribution in [0.3, 0.4) is 0 Å². The van der Waals surface area contributed by atoms with Gasteiger partial charge in [-0.25, -0.2) is 0 Å². The molecule has 1 aliphatic rings. The minimum atomic E-state index is -4.05. The van der Waals surface area contributed by atoms with Gasteiger partial charge in [0.25, 0.3) is 10.1 Å². The van der Waals surface area contributed by atoms with Crippen molar-refractivity contribution in [2.24, 2.45) is 0 Å². The van der Waals surface area contributed by atoms with Crippen LogP contribution in [-0.2, 0) is 10.1 Å². The lowest BCUT2D eigenvalue weighted by atomic mass is 10.2. The van der Waals surface area contributed by atoms with Crippen LogP contribution >= 0.6 is 0 Å². The molecule has 2 rings (SSSR count). The smallest absolute Gasteiger partial charge is 0.283 e. The number of fused-ring (bicyclic) bond motifs is 1. The fourth-order valence-electron chi connectivity index (χ4n) is 1.62.